The average Bonchev–Trinajstić information content (AvgIpc) is 3.39. The Morgan fingerprint density at radius 1 is 1.17 bits per heavy atom. The van der Waals surface area contributed by atoms with Crippen LogP contribution < -0.4 is 27.8 Å². The van der Waals surface area contributed by atoms with Crippen molar-refractivity contribution < 1.29 is 5.11 Å². The molecule has 1 saturated carbocycles. The van der Waals surface area contributed by atoms with E-state index in [4.69, 9.17) is 17.2 Å². The minimum atomic E-state index is 0.0725. The second-order valence-corrected chi connectivity index (χ2v) is 7.35. The van der Waals surface area contributed by atoms with Crippen molar-refractivity contribution in [2.75, 3.05) is 17.6 Å². The zero-order chi connectivity index (χ0) is 22.0. The molecular weight excluding hydrogens is 376 g/mol. The SMILES string of the molecule is C#C.C1CCC2(CC2)NC1.N/C=C\Nc1ccc(/C(N)=C/c2cc[nH]c2N)c(O)c1. The second kappa shape index (κ2) is 10.9. The van der Waals surface area contributed by atoms with E-state index in [1.807, 2.05) is 0 Å². The van der Waals surface area contributed by atoms with Gasteiger partial charge in [-0.15, -0.1) is 12.8 Å². The van der Waals surface area contributed by atoms with Gasteiger partial charge in [-0.3, -0.25) is 0 Å². The van der Waals surface area contributed by atoms with Crippen LogP contribution in [0.3, 0.4) is 0 Å². The monoisotopic (exact) mass is 408 g/mol. The van der Waals surface area contributed by atoms with Crippen molar-refractivity contribution in [1.29, 1.82) is 0 Å². The van der Waals surface area contributed by atoms with Crippen molar-refractivity contribution >= 4 is 23.3 Å². The predicted molar refractivity (Wildman–Crippen MR) is 126 cm³/mol. The number of piperidine rings is 1. The number of phenolic OH excluding ortho intramolecular Hbond substituents is 1. The Labute approximate surface area is 178 Å². The number of aromatic hydroxyl groups is 1. The summed E-state index contributed by atoms with van der Waals surface area (Å²) in [6.45, 7) is 1.28. The lowest BCUT2D eigenvalue weighted by Crippen LogP contribution is -2.35. The summed E-state index contributed by atoms with van der Waals surface area (Å²) in [6.07, 6.45) is 21.6. The maximum atomic E-state index is 10.0. The van der Waals surface area contributed by atoms with Gasteiger partial charge in [0.2, 0.25) is 0 Å². The summed E-state index contributed by atoms with van der Waals surface area (Å²) in [5.74, 6) is 0.599. The zero-order valence-electron chi connectivity index (χ0n) is 17.2. The molecule has 1 aromatic heterocycles. The molecule has 160 valence electrons. The topological polar surface area (TPSA) is 138 Å². The van der Waals surface area contributed by atoms with Gasteiger partial charge in [0, 0.05) is 52.7 Å². The number of benzene rings is 1. The Morgan fingerprint density at radius 3 is 2.43 bits per heavy atom. The largest absolute Gasteiger partial charge is 0.507 e. The molecule has 0 amide bonds. The van der Waals surface area contributed by atoms with Crippen LogP contribution in [-0.4, -0.2) is 22.2 Å². The molecule has 0 radical (unpaired) electrons. The number of phenols is 1. The van der Waals surface area contributed by atoms with Crippen molar-refractivity contribution in [1.82, 2.24) is 10.3 Å². The molecule has 2 aliphatic rings. The van der Waals surface area contributed by atoms with Crippen molar-refractivity contribution in [2.45, 2.75) is 37.6 Å². The summed E-state index contributed by atoms with van der Waals surface area (Å²) in [6, 6.07) is 6.88. The fourth-order valence-electron chi connectivity index (χ4n) is 3.38. The first-order valence-corrected chi connectivity index (χ1v) is 9.98. The van der Waals surface area contributed by atoms with Crippen LogP contribution in [0.4, 0.5) is 11.5 Å². The van der Waals surface area contributed by atoms with Crippen LogP contribution in [0.25, 0.3) is 11.8 Å². The molecule has 10 N–H and O–H groups in total. The van der Waals surface area contributed by atoms with Gasteiger partial charge in [0.25, 0.3) is 0 Å². The van der Waals surface area contributed by atoms with Gasteiger partial charge in [-0.1, -0.05) is 6.42 Å². The zero-order valence-corrected chi connectivity index (χ0v) is 17.2. The van der Waals surface area contributed by atoms with E-state index in [1.165, 1.54) is 44.8 Å². The second-order valence-electron chi connectivity index (χ2n) is 7.35. The lowest BCUT2D eigenvalue weighted by molar-refractivity contribution is 0.385. The fraction of sp³-hybridized carbons (Fsp3) is 0.304. The third kappa shape index (κ3) is 6.26. The Hall–Kier alpha value is -3.50. The highest BCUT2D eigenvalue weighted by atomic mass is 16.3. The number of hydrogen-bond donors (Lipinski definition) is 7. The van der Waals surface area contributed by atoms with Gasteiger partial charge in [0.1, 0.15) is 11.6 Å². The highest BCUT2D eigenvalue weighted by molar-refractivity contribution is 5.85. The standard InChI is InChI=1S/C14H17N5O.C7H13N.C2H2/c15-4-6-18-10-1-2-11(13(20)8-10)12(16)7-9-3-5-19-14(9)17;1-2-6-8-7(3-1)4-5-7;1-2/h1-8,18-20H,15-17H2;8H,1-6H2;1-2H/b6-4-,12-7-;;. The number of nitrogens with one attached hydrogen (secondary N) is 3. The predicted octanol–water partition coefficient (Wildman–Crippen LogP) is 3.14. The first kappa shape index (κ1) is 22.8. The summed E-state index contributed by atoms with van der Waals surface area (Å²) >= 11 is 0. The fourth-order valence-corrected chi connectivity index (χ4v) is 3.38. The number of nitrogen functional groups attached to an aromatic ring is 1. The van der Waals surface area contributed by atoms with Crippen LogP contribution >= 0.6 is 0 Å². The van der Waals surface area contributed by atoms with E-state index in [2.05, 4.69) is 28.5 Å². The first-order valence-electron chi connectivity index (χ1n) is 9.98. The van der Waals surface area contributed by atoms with Crippen molar-refractivity contribution in [3.05, 3.63) is 54.0 Å². The molecular formula is C23H32N6O. The number of nitrogens with two attached hydrogens (primary N) is 3. The molecule has 1 aliphatic carbocycles. The molecule has 2 heterocycles. The molecule has 0 atom stereocenters. The minimum Gasteiger partial charge on any atom is -0.507 e. The molecule has 7 heteroatoms. The van der Waals surface area contributed by atoms with Crippen LogP contribution in [0, 0.1) is 12.8 Å². The van der Waals surface area contributed by atoms with Crippen molar-refractivity contribution in [3.63, 3.8) is 0 Å². The molecule has 1 aromatic carbocycles. The molecule has 2 aromatic rings. The quantitative estimate of drug-likeness (QED) is 0.388. The summed E-state index contributed by atoms with van der Waals surface area (Å²) in [7, 11) is 0. The molecule has 2 fully saturated rings. The van der Waals surface area contributed by atoms with Crippen LogP contribution in [0.15, 0.2) is 42.9 Å². The van der Waals surface area contributed by atoms with E-state index < -0.39 is 0 Å². The lowest BCUT2D eigenvalue weighted by Gasteiger charge is -2.22. The molecule has 0 unspecified atom stereocenters. The Morgan fingerprint density at radius 2 is 1.93 bits per heavy atom. The first-order chi connectivity index (χ1) is 14.5. The number of terminal acetylenes is 1. The van der Waals surface area contributed by atoms with Crippen LogP contribution in [0.2, 0.25) is 0 Å². The molecule has 1 aliphatic heterocycles. The van der Waals surface area contributed by atoms with Gasteiger partial charge in [0.15, 0.2) is 0 Å². The van der Waals surface area contributed by atoms with Gasteiger partial charge >= 0.3 is 0 Å². The van der Waals surface area contributed by atoms with Gasteiger partial charge in [-0.05, 0) is 56.5 Å². The number of anilines is 2. The number of hydrogen-bond acceptors (Lipinski definition) is 6. The molecule has 1 saturated heterocycles. The molecule has 0 bridgehead atoms. The number of rotatable bonds is 4. The van der Waals surface area contributed by atoms with Gasteiger partial charge in [-0.25, -0.2) is 0 Å². The lowest BCUT2D eigenvalue weighted by atomic mass is 10.0. The molecule has 30 heavy (non-hydrogen) atoms. The minimum absolute atomic E-state index is 0.0725. The summed E-state index contributed by atoms with van der Waals surface area (Å²) in [4.78, 5) is 2.86. The maximum Gasteiger partial charge on any atom is 0.126 e. The highest BCUT2D eigenvalue weighted by Gasteiger charge is 2.42. The third-order valence-corrected chi connectivity index (χ3v) is 5.21. The van der Waals surface area contributed by atoms with E-state index in [0.29, 0.717) is 28.3 Å². The molecule has 7 nitrogen and oxygen atoms in total. The normalized spacial score (nSPS) is 16.8. The van der Waals surface area contributed by atoms with E-state index in [0.717, 1.165) is 5.56 Å². The number of aromatic nitrogens is 1. The third-order valence-electron chi connectivity index (χ3n) is 5.21. The van der Waals surface area contributed by atoms with E-state index >= 15 is 0 Å². The number of H-pyrrole nitrogens is 1. The summed E-state index contributed by atoms with van der Waals surface area (Å²) in [5, 5.41) is 16.5. The highest BCUT2D eigenvalue weighted by Crippen LogP contribution is 2.41. The van der Waals surface area contributed by atoms with Gasteiger partial charge < -0.3 is 37.9 Å². The Balaban J connectivity index is 0.000000263. The van der Waals surface area contributed by atoms with Crippen LogP contribution in [-0.2, 0) is 0 Å². The number of aromatic amines is 1. The summed E-state index contributed by atoms with van der Waals surface area (Å²) < 4.78 is 0. The van der Waals surface area contributed by atoms with E-state index in [9.17, 15) is 5.11 Å². The maximum absolute atomic E-state index is 10.0. The summed E-state index contributed by atoms with van der Waals surface area (Å²) in [5.41, 5.74) is 20.1. The van der Waals surface area contributed by atoms with E-state index in [-0.39, 0.29) is 5.75 Å². The van der Waals surface area contributed by atoms with Gasteiger partial charge in [-0.2, -0.15) is 0 Å². The molecule has 4 rings (SSSR count). The van der Waals surface area contributed by atoms with Gasteiger partial charge in [0.05, 0.1) is 0 Å². The van der Waals surface area contributed by atoms with Crippen LogP contribution in [0.1, 0.15) is 43.2 Å². The Kier molecular flexibility index (Phi) is 8.27. The average molecular weight is 409 g/mol. The Bertz CT molecular complexity index is 884. The molecule has 1 spiro atoms. The van der Waals surface area contributed by atoms with E-state index in [1.54, 1.807) is 42.7 Å². The van der Waals surface area contributed by atoms with Crippen molar-refractivity contribution in [2.24, 2.45) is 11.5 Å². The smallest absolute Gasteiger partial charge is 0.126 e. The van der Waals surface area contributed by atoms with Crippen LogP contribution in [0.5, 0.6) is 5.75 Å². The van der Waals surface area contributed by atoms with Crippen molar-refractivity contribution in [3.8, 4) is 18.6 Å².